The molecule has 0 aromatic heterocycles. The monoisotopic (exact) mass is 301 g/mol. The summed E-state index contributed by atoms with van der Waals surface area (Å²) in [4.78, 5) is 27.1. The standard InChI is InChI=1S/C11H9ClFN3O2S/c12-7-5-6(1-2-8(7)13)15-9(17)10(18)16-11-14-3-4-19-11/h1-2,5H,3-4H2,(H,15,17)(H,14,16,18). The zero-order chi connectivity index (χ0) is 13.8. The van der Waals surface area contributed by atoms with Gasteiger partial charge in [-0.2, -0.15) is 0 Å². The van der Waals surface area contributed by atoms with Gasteiger partial charge in [0.2, 0.25) is 0 Å². The summed E-state index contributed by atoms with van der Waals surface area (Å²) in [6, 6.07) is 3.64. The maximum atomic E-state index is 12.9. The molecule has 1 aromatic carbocycles. The Morgan fingerprint density at radius 2 is 2.05 bits per heavy atom. The molecule has 0 saturated heterocycles. The number of hydrogen-bond acceptors (Lipinski definition) is 4. The molecule has 1 heterocycles. The summed E-state index contributed by atoms with van der Waals surface area (Å²) in [6.07, 6.45) is 0. The van der Waals surface area contributed by atoms with Crippen LogP contribution in [-0.2, 0) is 9.59 Å². The van der Waals surface area contributed by atoms with Gasteiger partial charge in [-0.1, -0.05) is 23.4 Å². The highest BCUT2D eigenvalue weighted by molar-refractivity contribution is 8.14. The van der Waals surface area contributed by atoms with Crippen LogP contribution in [-0.4, -0.2) is 29.3 Å². The lowest BCUT2D eigenvalue weighted by molar-refractivity contribution is -0.135. The van der Waals surface area contributed by atoms with Crippen LogP contribution < -0.4 is 10.6 Å². The summed E-state index contributed by atoms with van der Waals surface area (Å²) >= 11 is 6.93. The molecule has 0 fully saturated rings. The molecular formula is C11H9ClFN3O2S. The number of amidine groups is 1. The highest BCUT2D eigenvalue weighted by Gasteiger charge is 2.18. The van der Waals surface area contributed by atoms with E-state index in [4.69, 9.17) is 11.6 Å². The van der Waals surface area contributed by atoms with Crippen LogP contribution >= 0.6 is 23.4 Å². The summed E-state index contributed by atoms with van der Waals surface area (Å²) in [6.45, 7) is 0.621. The Kier molecular flexibility index (Phi) is 4.39. The Balaban J connectivity index is 1.96. The van der Waals surface area contributed by atoms with Gasteiger partial charge < -0.3 is 5.32 Å². The second-order valence-electron chi connectivity index (χ2n) is 3.57. The first-order valence-corrected chi connectivity index (χ1v) is 6.67. The van der Waals surface area contributed by atoms with E-state index in [1.54, 1.807) is 0 Å². The third-order valence-electron chi connectivity index (χ3n) is 2.19. The molecule has 1 aliphatic rings. The van der Waals surface area contributed by atoms with E-state index in [1.165, 1.54) is 23.9 Å². The van der Waals surface area contributed by atoms with E-state index < -0.39 is 17.6 Å². The Hall–Kier alpha value is -1.60. The Labute approximate surface area is 117 Å². The molecular weight excluding hydrogens is 293 g/mol. The smallest absolute Gasteiger partial charge is 0.315 e. The van der Waals surface area contributed by atoms with Crippen LogP contribution in [0.25, 0.3) is 0 Å². The fourth-order valence-corrected chi connectivity index (χ4v) is 2.23. The van der Waals surface area contributed by atoms with Crippen molar-refractivity contribution in [1.29, 1.82) is 0 Å². The molecule has 0 saturated carbocycles. The lowest BCUT2D eigenvalue weighted by Gasteiger charge is -2.06. The van der Waals surface area contributed by atoms with E-state index in [2.05, 4.69) is 15.6 Å². The second-order valence-corrected chi connectivity index (χ2v) is 5.06. The average molecular weight is 302 g/mol. The molecule has 0 unspecified atom stereocenters. The van der Waals surface area contributed by atoms with Gasteiger partial charge in [0.05, 0.1) is 11.6 Å². The number of amides is 2. The molecule has 0 radical (unpaired) electrons. The third kappa shape index (κ3) is 3.68. The van der Waals surface area contributed by atoms with Crippen LogP contribution in [0.1, 0.15) is 0 Å². The van der Waals surface area contributed by atoms with Gasteiger partial charge in [-0.15, -0.1) is 0 Å². The number of hydrogen-bond donors (Lipinski definition) is 2. The third-order valence-corrected chi connectivity index (χ3v) is 3.37. The number of thioether (sulfide) groups is 1. The minimum absolute atomic E-state index is 0.131. The van der Waals surface area contributed by atoms with Gasteiger partial charge >= 0.3 is 11.8 Å². The molecule has 1 aromatic rings. The lowest BCUT2D eigenvalue weighted by atomic mass is 10.3. The number of nitrogens with one attached hydrogen (secondary N) is 2. The number of rotatable bonds is 1. The van der Waals surface area contributed by atoms with Gasteiger partial charge in [0.1, 0.15) is 5.82 Å². The normalized spacial score (nSPS) is 13.9. The predicted molar refractivity (Wildman–Crippen MR) is 72.9 cm³/mol. The maximum absolute atomic E-state index is 12.9. The molecule has 0 atom stereocenters. The first-order valence-electron chi connectivity index (χ1n) is 5.31. The fraction of sp³-hybridized carbons (Fsp3) is 0.182. The minimum atomic E-state index is -0.863. The highest BCUT2D eigenvalue weighted by atomic mass is 35.5. The van der Waals surface area contributed by atoms with Crippen LogP contribution in [0.5, 0.6) is 0 Å². The number of anilines is 1. The van der Waals surface area contributed by atoms with E-state index in [0.29, 0.717) is 11.7 Å². The van der Waals surface area contributed by atoms with Gasteiger partial charge in [0.15, 0.2) is 5.17 Å². The van der Waals surface area contributed by atoms with Gasteiger partial charge in [-0.05, 0) is 18.2 Å². The molecule has 0 spiro atoms. The van der Waals surface area contributed by atoms with Crippen molar-refractivity contribution in [2.45, 2.75) is 0 Å². The lowest BCUT2D eigenvalue weighted by Crippen LogP contribution is -2.37. The van der Waals surface area contributed by atoms with E-state index in [-0.39, 0.29) is 10.7 Å². The van der Waals surface area contributed by atoms with Crippen molar-refractivity contribution in [3.8, 4) is 0 Å². The Morgan fingerprint density at radius 1 is 1.32 bits per heavy atom. The second kappa shape index (κ2) is 6.03. The van der Waals surface area contributed by atoms with Crippen LogP contribution in [0, 0.1) is 5.82 Å². The number of nitrogens with zero attached hydrogens (tertiary/aromatic N) is 1. The summed E-state index contributed by atoms with van der Waals surface area (Å²) in [5.41, 5.74) is 0.243. The Morgan fingerprint density at radius 3 is 2.68 bits per heavy atom. The molecule has 2 rings (SSSR count). The molecule has 0 bridgehead atoms. The van der Waals surface area contributed by atoms with Gasteiger partial charge in [-0.3, -0.25) is 19.9 Å². The molecule has 5 nitrogen and oxygen atoms in total. The molecule has 8 heteroatoms. The van der Waals surface area contributed by atoms with Crippen molar-refractivity contribution in [3.05, 3.63) is 29.0 Å². The molecule has 100 valence electrons. The first kappa shape index (κ1) is 13.8. The summed E-state index contributed by atoms with van der Waals surface area (Å²) in [7, 11) is 0. The zero-order valence-corrected chi connectivity index (χ0v) is 11.1. The molecule has 2 amide bonds. The highest BCUT2D eigenvalue weighted by Crippen LogP contribution is 2.19. The summed E-state index contributed by atoms with van der Waals surface area (Å²) in [5.74, 6) is -1.50. The van der Waals surface area contributed by atoms with Crippen LogP contribution in [0.4, 0.5) is 10.1 Å². The zero-order valence-electron chi connectivity index (χ0n) is 9.57. The van der Waals surface area contributed by atoms with Crippen molar-refractivity contribution < 1.29 is 14.0 Å². The van der Waals surface area contributed by atoms with Crippen molar-refractivity contribution in [3.63, 3.8) is 0 Å². The van der Waals surface area contributed by atoms with E-state index in [9.17, 15) is 14.0 Å². The van der Waals surface area contributed by atoms with Gasteiger partial charge in [0.25, 0.3) is 0 Å². The number of aliphatic imine (C=N–C) groups is 1. The van der Waals surface area contributed by atoms with Crippen LogP contribution in [0.2, 0.25) is 5.02 Å². The average Bonchev–Trinajstić information content (AvgIpc) is 2.86. The van der Waals surface area contributed by atoms with Crippen molar-refractivity contribution in [1.82, 2.24) is 5.32 Å². The minimum Gasteiger partial charge on any atom is -0.318 e. The van der Waals surface area contributed by atoms with E-state index in [1.807, 2.05) is 0 Å². The van der Waals surface area contributed by atoms with Gasteiger partial charge in [0, 0.05) is 11.4 Å². The van der Waals surface area contributed by atoms with Crippen LogP contribution in [0.15, 0.2) is 23.2 Å². The molecule has 2 N–H and O–H groups in total. The van der Waals surface area contributed by atoms with Crippen LogP contribution in [0.3, 0.4) is 0 Å². The topological polar surface area (TPSA) is 70.6 Å². The maximum Gasteiger partial charge on any atom is 0.315 e. The summed E-state index contributed by atoms with van der Waals surface area (Å²) < 4.78 is 12.9. The van der Waals surface area contributed by atoms with Crippen molar-refractivity contribution >= 4 is 46.0 Å². The molecule has 1 aliphatic heterocycles. The van der Waals surface area contributed by atoms with E-state index >= 15 is 0 Å². The van der Waals surface area contributed by atoms with Gasteiger partial charge in [-0.25, -0.2) is 4.39 Å². The summed E-state index contributed by atoms with van der Waals surface area (Å²) in [5, 5.41) is 4.99. The predicted octanol–water partition coefficient (Wildman–Crippen LogP) is 1.64. The number of carbonyl (C=O) groups excluding carboxylic acids is 2. The molecule has 19 heavy (non-hydrogen) atoms. The first-order chi connectivity index (χ1) is 9.06. The number of halogens is 2. The quantitative estimate of drug-likeness (QED) is 0.775. The van der Waals surface area contributed by atoms with E-state index in [0.717, 1.165) is 11.8 Å². The largest absolute Gasteiger partial charge is 0.318 e. The number of benzene rings is 1. The van der Waals surface area contributed by atoms with Crippen molar-refractivity contribution in [2.24, 2.45) is 4.99 Å². The Bertz CT molecular complexity index is 565. The number of carbonyl (C=O) groups is 2. The fourth-order valence-electron chi connectivity index (χ4n) is 1.33. The van der Waals surface area contributed by atoms with Crippen molar-refractivity contribution in [2.75, 3.05) is 17.6 Å². The molecule has 0 aliphatic carbocycles. The SMILES string of the molecule is O=C(NC1=NCCS1)C(=O)Nc1ccc(F)c(Cl)c1.